The smallest absolute Gasteiger partial charge is 0.0995 e. The first-order chi connectivity index (χ1) is 6.00. The first-order valence-corrected chi connectivity index (χ1v) is 5.26. The molecule has 72 valence electrons. The van der Waals surface area contributed by atoms with E-state index >= 15 is 0 Å². The van der Waals surface area contributed by atoms with Crippen LogP contribution in [-0.4, -0.2) is 5.84 Å². The Bertz CT molecular complexity index is 280. The summed E-state index contributed by atoms with van der Waals surface area (Å²) in [5.74, 6) is 0.721. The van der Waals surface area contributed by atoms with Crippen molar-refractivity contribution in [1.82, 2.24) is 0 Å². The van der Waals surface area contributed by atoms with Gasteiger partial charge in [-0.25, -0.2) is 0 Å². The van der Waals surface area contributed by atoms with Crippen molar-refractivity contribution >= 4 is 17.2 Å². The first-order valence-electron chi connectivity index (χ1n) is 4.31. The third kappa shape index (κ3) is 3.19. The minimum Gasteiger partial charge on any atom is -0.387 e. The molecule has 0 aromatic carbocycles. The minimum atomic E-state index is -0.0178. The number of hydrogen-bond acceptors (Lipinski definition) is 2. The molecule has 1 rings (SSSR count). The van der Waals surface area contributed by atoms with Gasteiger partial charge in [0.1, 0.15) is 0 Å². The average Bonchev–Trinajstić information content (AvgIpc) is 2.50. The minimum absolute atomic E-state index is 0.0178. The average molecular weight is 196 g/mol. The van der Waals surface area contributed by atoms with Crippen molar-refractivity contribution in [3.8, 4) is 0 Å². The molecule has 0 amide bonds. The van der Waals surface area contributed by atoms with Gasteiger partial charge in [0.05, 0.1) is 12.4 Å². The zero-order chi connectivity index (χ0) is 9.90. The van der Waals surface area contributed by atoms with E-state index in [1.165, 1.54) is 5.56 Å². The number of nitrogens with two attached hydrogens (primary N) is 1. The third-order valence-electron chi connectivity index (χ3n) is 1.78. The second-order valence-electron chi connectivity index (χ2n) is 4.08. The second-order valence-corrected chi connectivity index (χ2v) is 4.86. The predicted molar refractivity (Wildman–Crippen MR) is 59.1 cm³/mol. The van der Waals surface area contributed by atoms with Gasteiger partial charge in [-0.05, 0) is 22.4 Å². The standard InChI is InChI=1S/C10H16N2S/c1-10(2,3)9(11)12-6-8-4-5-13-7-8/h4-5,7H,6H2,1-3H3,(H2,11,12). The Morgan fingerprint density at radius 2 is 2.23 bits per heavy atom. The molecule has 2 N–H and O–H groups in total. The van der Waals surface area contributed by atoms with E-state index < -0.39 is 0 Å². The summed E-state index contributed by atoms with van der Waals surface area (Å²) in [5, 5.41) is 4.15. The highest BCUT2D eigenvalue weighted by molar-refractivity contribution is 7.07. The fraction of sp³-hybridized carbons (Fsp3) is 0.500. The molecule has 0 bridgehead atoms. The lowest BCUT2D eigenvalue weighted by Gasteiger charge is -2.17. The monoisotopic (exact) mass is 196 g/mol. The lowest BCUT2D eigenvalue weighted by Crippen LogP contribution is -2.28. The summed E-state index contributed by atoms with van der Waals surface area (Å²) in [6, 6.07) is 2.07. The van der Waals surface area contributed by atoms with Gasteiger partial charge in [0.15, 0.2) is 0 Å². The molecule has 0 aliphatic heterocycles. The van der Waals surface area contributed by atoms with Crippen molar-refractivity contribution in [2.45, 2.75) is 27.3 Å². The summed E-state index contributed by atoms with van der Waals surface area (Å²) in [5.41, 5.74) is 7.04. The molecule has 2 nitrogen and oxygen atoms in total. The fourth-order valence-corrected chi connectivity index (χ4v) is 1.46. The second kappa shape index (κ2) is 3.92. The van der Waals surface area contributed by atoms with Crippen molar-refractivity contribution < 1.29 is 0 Å². The quantitative estimate of drug-likeness (QED) is 0.573. The van der Waals surface area contributed by atoms with E-state index in [1.54, 1.807) is 11.3 Å². The normalized spacial score (nSPS) is 13.3. The van der Waals surface area contributed by atoms with E-state index in [1.807, 2.05) is 0 Å². The van der Waals surface area contributed by atoms with Crippen LogP contribution in [0.1, 0.15) is 26.3 Å². The van der Waals surface area contributed by atoms with E-state index in [4.69, 9.17) is 5.73 Å². The molecule has 3 heteroatoms. The molecule has 1 aromatic heterocycles. The molecule has 1 heterocycles. The number of aliphatic imine (C=N–C) groups is 1. The Morgan fingerprint density at radius 3 is 2.69 bits per heavy atom. The van der Waals surface area contributed by atoms with Gasteiger partial charge in [0.2, 0.25) is 0 Å². The number of nitrogens with zero attached hydrogens (tertiary/aromatic N) is 1. The maximum absolute atomic E-state index is 5.82. The molecule has 0 saturated heterocycles. The molecule has 0 aliphatic rings. The lowest BCUT2D eigenvalue weighted by molar-refractivity contribution is 0.581. The lowest BCUT2D eigenvalue weighted by atomic mass is 9.95. The van der Waals surface area contributed by atoms with Crippen molar-refractivity contribution in [3.05, 3.63) is 22.4 Å². The summed E-state index contributed by atoms with van der Waals surface area (Å²) in [7, 11) is 0. The summed E-state index contributed by atoms with van der Waals surface area (Å²) in [6.07, 6.45) is 0. The zero-order valence-corrected chi connectivity index (χ0v) is 9.19. The number of rotatable bonds is 2. The molecule has 0 unspecified atom stereocenters. The topological polar surface area (TPSA) is 38.4 Å². The van der Waals surface area contributed by atoms with Crippen molar-refractivity contribution in [2.75, 3.05) is 0 Å². The fourth-order valence-electron chi connectivity index (χ4n) is 0.796. The molecule has 0 aliphatic carbocycles. The van der Waals surface area contributed by atoms with Gasteiger partial charge in [-0.15, -0.1) is 0 Å². The van der Waals surface area contributed by atoms with Gasteiger partial charge >= 0.3 is 0 Å². The summed E-state index contributed by atoms with van der Waals surface area (Å²) >= 11 is 1.69. The largest absolute Gasteiger partial charge is 0.387 e. The van der Waals surface area contributed by atoms with E-state index in [-0.39, 0.29) is 5.41 Å². The van der Waals surface area contributed by atoms with Crippen LogP contribution < -0.4 is 5.73 Å². The summed E-state index contributed by atoms with van der Waals surface area (Å²) < 4.78 is 0. The van der Waals surface area contributed by atoms with E-state index in [2.05, 4.69) is 42.6 Å². The van der Waals surface area contributed by atoms with Crippen LogP contribution >= 0.6 is 11.3 Å². The maximum Gasteiger partial charge on any atom is 0.0995 e. The van der Waals surface area contributed by atoms with E-state index in [0.29, 0.717) is 6.54 Å². The van der Waals surface area contributed by atoms with Crippen LogP contribution in [-0.2, 0) is 6.54 Å². The van der Waals surface area contributed by atoms with Crippen molar-refractivity contribution in [1.29, 1.82) is 0 Å². The number of amidine groups is 1. The van der Waals surface area contributed by atoms with Crippen LogP contribution in [0.25, 0.3) is 0 Å². The van der Waals surface area contributed by atoms with E-state index in [9.17, 15) is 0 Å². The molecule has 13 heavy (non-hydrogen) atoms. The Labute approximate surface area is 83.5 Å². The van der Waals surface area contributed by atoms with Gasteiger partial charge in [0, 0.05) is 5.41 Å². The van der Waals surface area contributed by atoms with Crippen LogP contribution in [0.5, 0.6) is 0 Å². The first kappa shape index (κ1) is 10.3. The SMILES string of the molecule is CC(C)(C)C(N)=NCc1ccsc1. The maximum atomic E-state index is 5.82. The van der Waals surface area contributed by atoms with Gasteiger partial charge in [-0.2, -0.15) is 11.3 Å². The molecule has 0 radical (unpaired) electrons. The van der Waals surface area contributed by atoms with Gasteiger partial charge in [-0.3, -0.25) is 4.99 Å². The zero-order valence-electron chi connectivity index (χ0n) is 8.37. The Hall–Kier alpha value is -0.830. The molecular formula is C10H16N2S. The molecule has 0 saturated carbocycles. The van der Waals surface area contributed by atoms with Crippen molar-refractivity contribution in [3.63, 3.8) is 0 Å². The predicted octanol–water partition coefficient (Wildman–Crippen LogP) is 2.65. The Balaban J connectivity index is 2.59. The van der Waals surface area contributed by atoms with Crippen LogP contribution in [0.3, 0.4) is 0 Å². The Kier molecular flexibility index (Phi) is 3.09. The van der Waals surface area contributed by atoms with Crippen LogP contribution in [0.15, 0.2) is 21.8 Å². The number of hydrogen-bond donors (Lipinski definition) is 1. The molecule has 0 spiro atoms. The van der Waals surface area contributed by atoms with Crippen molar-refractivity contribution in [2.24, 2.45) is 16.1 Å². The summed E-state index contributed by atoms with van der Waals surface area (Å²) in [4.78, 5) is 4.34. The van der Waals surface area contributed by atoms with E-state index in [0.717, 1.165) is 5.84 Å². The Morgan fingerprint density at radius 1 is 1.54 bits per heavy atom. The highest BCUT2D eigenvalue weighted by atomic mass is 32.1. The highest BCUT2D eigenvalue weighted by Crippen LogP contribution is 2.14. The van der Waals surface area contributed by atoms with Crippen LogP contribution in [0.4, 0.5) is 0 Å². The van der Waals surface area contributed by atoms with Gasteiger partial charge < -0.3 is 5.73 Å². The molecular weight excluding hydrogens is 180 g/mol. The van der Waals surface area contributed by atoms with Gasteiger partial charge in [0.25, 0.3) is 0 Å². The van der Waals surface area contributed by atoms with Gasteiger partial charge in [-0.1, -0.05) is 20.8 Å². The molecule has 1 aromatic rings. The van der Waals surface area contributed by atoms with Crippen LogP contribution in [0, 0.1) is 5.41 Å². The molecule has 0 fully saturated rings. The highest BCUT2D eigenvalue weighted by Gasteiger charge is 2.14. The number of thiophene rings is 1. The third-order valence-corrected chi connectivity index (χ3v) is 2.51. The molecule has 0 atom stereocenters. The van der Waals surface area contributed by atoms with Crippen LogP contribution in [0.2, 0.25) is 0 Å². The summed E-state index contributed by atoms with van der Waals surface area (Å²) in [6.45, 7) is 6.91.